The van der Waals surface area contributed by atoms with E-state index in [1.165, 1.54) is 6.07 Å². The molecule has 0 atom stereocenters. The number of nitrogens with one attached hydrogen (secondary N) is 1. The van der Waals surface area contributed by atoms with Gasteiger partial charge in [0.25, 0.3) is 10.0 Å². The molecule has 0 aliphatic rings. The second-order valence-electron chi connectivity index (χ2n) is 4.27. The number of nitrogen functional groups attached to an aromatic ring is 1. The molecule has 0 radical (unpaired) electrons. The Hall–Kier alpha value is -1.05. The molecule has 106 valence electrons. The summed E-state index contributed by atoms with van der Waals surface area (Å²) in [5.41, 5.74) is 7.37. The zero-order valence-electron chi connectivity index (χ0n) is 10.5. The summed E-state index contributed by atoms with van der Waals surface area (Å²) in [5, 5.41) is 0. The molecule has 20 heavy (non-hydrogen) atoms. The number of aryl methyl sites for hydroxylation is 1. The summed E-state index contributed by atoms with van der Waals surface area (Å²) < 4.78 is 28.7. The summed E-state index contributed by atoms with van der Waals surface area (Å²) in [4.78, 5) is 0.0648. The first-order valence-corrected chi connectivity index (χ1v) is 8.70. The summed E-state index contributed by atoms with van der Waals surface area (Å²) in [7, 11) is -3.73. The average molecular weight is 420 g/mol. The fourth-order valence-electron chi connectivity index (χ4n) is 1.69. The Balaban J connectivity index is 2.43. The van der Waals surface area contributed by atoms with Gasteiger partial charge in [-0.3, -0.25) is 4.72 Å². The molecule has 0 aliphatic carbocycles. The van der Waals surface area contributed by atoms with Crippen molar-refractivity contribution in [1.82, 2.24) is 0 Å². The number of rotatable bonds is 3. The Labute approximate surface area is 134 Å². The number of halogens is 2. The summed E-state index contributed by atoms with van der Waals surface area (Å²) in [6.45, 7) is 1.85. The number of anilines is 2. The molecule has 0 aromatic heterocycles. The molecule has 2 aromatic rings. The molecular formula is C13H12Br2N2O2S. The van der Waals surface area contributed by atoms with E-state index in [2.05, 4.69) is 36.6 Å². The van der Waals surface area contributed by atoms with Crippen molar-refractivity contribution in [3.63, 3.8) is 0 Å². The fourth-order valence-corrected chi connectivity index (χ4v) is 3.71. The van der Waals surface area contributed by atoms with Crippen LogP contribution in [0.4, 0.5) is 11.4 Å². The second kappa shape index (κ2) is 5.75. The Morgan fingerprint density at radius 3 is 2.45 bits per heavy atom. The lowest BCUT2D eigenvalue weighted by atomic mass is 10.2. The number of nitrogens with two attached hydrogens (primary N) is 1. The molecule has 7 heteroatoms. The van der Waals surface area contributed by atoms with E-state index in [9.17, 15) is 8.42 Å². The standard InChI is InChI=1S/C13H12Br2N2O2S/c1-8-2-5-13(11(16)6-8)20(18,19)17-12-7-9(14)3-4-10(12)15/h2-7,17H,16H2,1H3. The molecule has 2 aromatic carbocycles. The molecule has 4 nitrogen and oxygen atoms in total. The molecule has 0 heterocycles. The van der Waals surface area contributed by atoms with E-state index in [0.29, 0.717) is 10.2 Å². The Bertz CT molecular complexity index is 761. The number of hydrogen-bond donors (Lipinski definition) is 2. The normalized spacial score (nSPS) is 11.3. The van der Waals surface area contributed by atoms with Crippen LogP contribution in [0.3, 0.4) is 0 Å². The molecule has 0 fully saturated rings. The number of sulfonamides is 1. The maximum Gasteiger partial charge on any atom is 0.263 e. The highest BCUT2D eigenvalue weighted by molar-refractivity contribution is 9.11. The summed E-state index contributed by atoms with van der Waals surface area (Å²) in [5.74, 6) is 0. The second-order valence-corrected chi connectivity index (χ2v) is 7.69. The lowest BCUT2D eigenvalue weighted by molar-refractivity contribution is 0.601. The van der Waals surface area contributed by atoms with Crippen molar-refractivity contribution in [3.05, 3.63) is 50.9 Å². The maximum absolute atomic E-state index is 12.4. The quantitative estimate of drug-likeness (QED) is 0.741. The van der Waals surface area contributed by atoms with Gasteiger partial charge in [0.2, 0.25) is 0 Å². The molecule has 3 N–H and O–H groups in total. The van der Waals surface area contributed by atoms with Gasteiger partial charge in [-0.15, -0.1) is 0 Å². The van der Waals surface area contributed by atoms with E-state index in [1.807, 2.05) is 13.0 Å². The van der Waals surface area contributed by atoms with Crippen molar-refractivity contribution < 1.29 is 8.42 Å². The van der Waals surface area contributed by atoms with Gasteiger partial charge in [0.1, 0.15) is 4.90 Å². The van der Waals surface area contributed by atoms with Crippen LogP contribution < -0.4 is 10.5 Å². The Morgan fingerprint density at radius 2 is 1.80 bits per heavy atom. The van der Waals surface area contributed by atoms with E-state index >= 15 is 0 Å². The Morgan fingerprint density at radius 1 is 1.10 bits per heavy atom. The zero-order chi connectivity index (χ0) is 14.9. The SMILES string of the molecule is Cc1ccc(S(=O)(=O)Nc2cc(Br)ccc2Br)c(N)c1. The van der Waals surface area contributed by atoms with Crippen molar-refractivity contribution in [1.29, 1.82) is 0 Å². The lowest BCUT2D eigenvalue weighted by Crippen LogP contribution is -2.15. The molecule has 0 unspecified atom stereocenters. The van der Waals surface area contributed by atoms with Gasteiger partial charge in [-0.1, -0.05) is 22.0 Å². The van der Waals surface area contributed by atoms with Crippen LogP contribution in [-0.4, -0.2) is 8.42 Å². The number of benzene rings is 2. The van der Waals surface area contributed by atoms with Crippen LogP contribution in [0, 0.1) is 6.92 Å². The van der Waals surface area contributed by atoms with Crippen LogP contribution in [0.15, 0.2) is 50.2 Å². The van der Waals surface area contributed by atoms with Crippen LogP contribution in [-0.2, 0) is 10.0 Å². The topological polar surface area (TPSA) is 72.2 Å². The minimum absolute atomic E-state index is 0.0648. The van der Waals surface area contributed by atoms with Gasteiger partial charge in [0.05, 0.1) is 11.4 Å². The monoisotopic (exact) mass is 418 g/mol. The van der Waals surface area contributed by atoms with Crippen LogP contribution in [0.2, 0.25) is 0 Å². The van der Waals surface area contributed by atoms with Gasteiger partial charge in [-0.2, -0.15) is 0 Å². The Kier molecular flexibility index (Phi) is 4.41. The first kappa shape index (κ1) is 15.3. The van der Waals surface area contributed by atoms with Crippen molar-refractivity contribution >= 4 is 53.3 Å². The van der Waals surface area contributed by atoms with E-state index in [1.54, 1.807) is 24.3 Å². The largest absolute Gasteiger partial charge is 0.398 e. The molecule has 0 saturated carbocycles. The third-order valence-corrected chi connectivity index (χ3v) is 5.25. The predicted molar refractivity (Wildman–Crippen MR) is 88.2 cm³/mol. The molecule has 0 amide bonds. The highest BCUT2D eigenvalue weighted by Crippen LogP contribution is 2.29. The fraction of sp³-hybridized carbons (Fsp3) is 0.0769. The van der Waals surface area contributed by atoms with Gasteiger partial charge in [-0.05, 0) is 58.7 Å². The molecule has 0 aliphatic heterocycles. The smallest absolute Gasteiger partial charge is 0.263 e. The third-order valence-electron chi connectivity index (χ3n) is 2.63. The molecule has 0 saturated heterocycles. The highest BCUT2D eigenvalue weighted by atomic mass is 79.9. The van der Waals surface area contributed by atoms with Gasteiger partial charge in [0, 0.05) is 8.95 Å². The summed E-state index contributed by atoms with van der Waals surface area (Å²) in [6.07, 6.45) is 0. The summed E-state index contributed by atoms with van der Waals surface area (Å²) in [6, 6.07) is 10.1. The minimum Gasteiger partial charge on any atom is -0.398 e. The third kappa shape index (κ3) is 3.34. The van der Waals surface area contributed by atoms with Crippen molar-refractivity contribution in [2.75, 3.05) is 10.5 Å². The maximum atomic E-state index is 12.4. The van der Waals surface area contributed by atoms with Crippen molar-refractivity contribution in [3.8, 4) is 0 Å². The lowest BCUT2D eigenvalue weighted by Gasteiger charge is -2.12. The van der Waals surface area contributed by atoms with Crippen molar-refractivity contribution in [2.24, 2.45) is 0 Å². The van der Waals surface area contributed by atoms with Gasteiger partial charge in [-0.25, -0.2) is 8.42 Å². The van der Waals surface area contributed by atoms with Crippen LogP contribution in [0.1, 0.15) is 5.56 Å². The molecular weight excluding hydrogens is 408 g/mol. The van der Waals surface area contributed by atoms with Gasteiger partial charge < -0.3 is 5.73 Å². The van der Waals surface area contributed by atoms with E-state index in [-0.39, 0.29) is 10.6 Å². The first-order valence-electron chi connectivity index (χ1n) is 5.63. The summed E-state index contributed by atoms with van der Waals surface area (Å²) >= 11 is 6.61. The highest BCUT2D eigenvalue weighted by Gasteiger charge is 2.18. The number of hydrogen-bond acceptors (Lipinski definition) is 3. The molecule has 0 spiro atoms. The predicted octanol–water partition coefficient (Wildman–Crippen LogP) is 3.90. The van der Waals surface area contributed by atoms with Crippen LogP contribution in [0.25, 0.3) is 0 Å². The molecule has 0 bridgehead atoms. The van der Waals surface area contributed by atoms with E-state index < -0.39 is 10.0 Å². The minimum atomic E-state index is -3.73. The van der Waals surface area contributed by atoms with Gasteiger partial charge in [0.15, 0.2) is 0 Å². The van der Waals surface area contributed by atoms with E-state index in [0.717, 1.165) is 10.0 Å². The zero-order valence-corrected chi connectivity index (χ0v) is 14.5. The molecule has 2 rings (SSSR count). The van der Waals surface area contributed by atoms with E-state index in [4.69, 9.17) is 5.73 Å². The van der Waals surface area contributed by atoms with Crippen LogP contribution >= 0.6 is 31.9 Å². The average Bonchev–Trinajstić information content (AvgIpc) is 2.33. The first-order chi connectivity index (χ1) is 9.29. The van der Waals surface area contributed by atoms with Crippen LogP contribution in [0.5, 0.6) is 0 Å². The van der Waals surface area contributed by atoms with Gasteiger partial charge >= 0.3 is 0 Å². The van der Waals surface area contributed by atoms with Crippen molar-refractivity contribution in [2.45, 2.75) is 11.8 Å².